The summed E-state index contributed by atoms with van der Waals surface area (Å²) in [5, 5.41) is 16.6. The van der Waals surface area contributed by atoms with Crippen molar-refractivity contribution in [3.05, 3.63) is 55.1 Å². The zero-order valence-corrected chi connectivity index (χ0v) is 12.0. The summed E-state index contributed by atoms with van der Waals surface area (Å²) in [5.41, 5.74) is 1.26. The molecule has 0 bridgehead atoms. The molecule has 0 fully saturated rings. The zero-order chi connectivity index (χ0) is 14.2. The number of phenolic OH excluding ortho intramolecular Hbond substituents is 1. The maximum atomic E-state index is 8.85. The molecule has 0 amide bonds. The summed E-state index contributed by atoms with van der Waals surface area (Å²) in [4.78, 5) is 0. The number of aliphatic hydroxyl groups is 1. The lowest BCUT2D eigenvalue weighted by Gasteiger charge is -1.93. The summed E-state index contributed by atoms with van der Waals surface area (Å²) in [7, 11) is 2.13. The summed E-state index contributed by atoms with van der Waals surface area (Å²) >= 11 is 0. The van der Waals surface area contributed by atoms with Gasteiger partial charge in [-0.1, -0.05) is 31.2 Å². The number of aromatic hydroxyl groups is 1. The lowest BCUT2D eigenvalue weighted by atomic mass is 10.2. The van der Waals surface area contributed by atoms with Crippen molar-refractivity contribution in [1.29, 1.82) is 0 Å². The molecule has 4 heteroatoms. The van der Waals surface area contributed by atoms with Gasteiger partial charge >= 0.3 is 0 Å². The third-order valence-corrected chi connectivity index (χ3v) is 1.88. The van der Waals surface area contributed by atoms with E-state index in [1.807, 2.05) is 12.1 Å². The number of aliphatic hydroxyl groups excluding tert-OH is 1. The average molecular weight is 270 g/mol. The fourth-order valence-corrected chi connectivity index (χ4v) is 0.936. The van der Waals surface area contributed by atoms with E-state index in [0.29, 0.717) is 12.4 Å². The van der Waals surface area contributed by atoms with E-state index in [1.54, 1.807) is 18.2 Å². The molecule has 1 rings (SSSR count). The molecule has 2 N–H and O–H groups in total. The van der Waals surface area contributed by atoms with Crippen LogP contribution in [0.15, 0.2) is 49.6 Å². The van der Waals surface area contributed by atoms with Crippen molar-refractivity contribution in [3.8, 4) is 5.75 Å². The molecular formula is C14H23O3P. The molecule has 102 valence electrons. The Kier molecular flexibility index (Phi) is 16.9. The van der Waals surface area contributed by atoms with Gasteiger partial charge in [-0.3, -0.25) is 0 Å². The largest absolute Gasteiger partial charge is 0.508 e. The second-order valence-electron chi connectivity index (χ2n) is 3.11. The molecule has 0 saturated heterocycles. The lowest BCUT2D eigenvalue weighted by molar-refractivity contribution is 0.343. The highest BCUT2D eigenvalue weighted by atomic mass is 31.0. The molecule has 0 aliphatic rings. The number of hydrogen-bond donors (Lipinski definition) is 2. The molecule has 1 atom stereocenters. The van der Waals surface area contributed by atoms with E-state index < -0.39 is 0 Å². The Morgan fingerprint density at radius 1 is 1.22 bits per heavy atom. The Morgan fingerprint density at radius 3 is 1.94 bits per heavy atom. The van der Waals surface area contributed by atoms with E-state index in [9.17, 15) is 0 Å². The van der Waals surface area contributed by atoms with Crippen molar-refractivity contribution in [3.63, 3.8) is 0 Å². The van der Waals surface area contributed by atoms with Gasteiger partial charge in [0.15, 0.2) is 0 Å². The van der Waals surface area contributed by atoms with E-state index in [2.05, 4.69) is 34.1 Å². The van der Waals surface area contributed by atoms with Crippen molar-refractivity contribution in [2.24, 2.45) is 0 Å². The highest BCUT2D eigenvalue weighted by Gasteiger charge is 1.86. The van der Waals surface area contributed by atoms with Crippen molar-refractivity contribution >= 4 is 9.47 Å². The van der Waals surface area contributed by atoms with Crippen LogP contribution < -0.4 is 0 Å². The summed E-state index contributed by atoms with van der Waals surface area (Å²) < 4.78 is 4.49. The van der Waals surface area contributed by atoms with Crippen LogP contribution in [0.5, 0.6) is 5.75 Å². The first-order valence-corrected chi connectivity index (χ1v) is 6.05. The highest BCUT2D eigenvalue weighted by molar-refractivity contribution is 7.09. The van der Waals surface area contributed by atoms with Crippen molar-refractivity contribution in [2.75, 3.05) is 13.2 Å². The molecule has 0 spiro atoms. The van der Waals surface area contributed by atoms with Gasteiger partial charge in [0.05, 0.1) is 13.2 Å². The topological polar surface area (TPSA) is 49.7 Å². The fourth-order valence-electron chi connectivity index (χ4n) is 0.800. The van der Waals surface area contributed by atoms with Gasteiger partial charge in [0.2, 0.25) is 0 Å². The second kappa shape index (κ2) is 15.9. The van der Waals surface area contributed by atoms with Crippen molar-refractivity contribution < 1.29 is 14.7 Å². The number of phenols is 1. The van der Waals surface area contributed by atoms with Crippen LogP contribution in [-0.4, -0.2) is 23.4 Å². The van der Waals surface area contributed by atoms with Crippen LogP contribution in [0.1, 0.15) is 12.5 Å². The molecule has 1 aromatic rings. The minimum Gasteiger partial charge on any atom is -0.508 e. The molecule has 18 heavy (non-hydrogen) atoms. The van der Waals surface area contributed by atoms with Gasteiger partial charge in [0.25, 0.3) is 0 Å². The Balaban J connectivity index is 0. The minimum absolute atomic E-state index is 0.0833. The van der Waals surface area contributed by atoms with E-state index in [4.69, 9.17) is 10.2 Å². The minimum atomic E-state index is 0.0833. The molecule has 0 aromatic heterocycles. The predicted octanol–water partition coefficient (Wildman–Crippen LogP) is 3.10. The Labute approximate surface area is 112 Å². The van der Waals surface area contributed by atoms with Crippen LogP contribution in [0.3, 0.4) is 0 Å². The van der Waals surface area contributed by atoms with Gasteiger partial charge in [-0.15, -0.1) is 13.2 Å². The molecular weight excluding hydrogens is 247 g/mol. The van der Waals surface area contributed by atoms with Crippen LogP contribution in [0.25, 0.3) is 0 Å². The third kappa shape index (κ3) is 14.9. The monoisotopic (exact) mass is 270 g/mol. The smallest absolute Gasteiger partial charge is 0.115 e. The first-order chi connectivity index (χ1) is 8.65. The first kappa shape index (κ1) is 19.2. The Bertz CT molecular complexity index is 296. The zero-order valence-electron chi connectivity index (χ0n) is 10.9. The number of rotatable bonds is 4. The maximum absolute atomic E-state index is 8.85. The Morgan fingerprint density at radius 2 is 1.72 bits per heavy atom. The van der Waals surface area contributed by atoms with E-state index in [-0.39, 0.29) is 6.61 Å². The molecule has 0 heterocycles. The summed E-state index contributed by atoms with van der Waals surface area (Å²) in [6, 6.07) is 7.27. The molecule has 0 aliphatic heterocycles. The molecule has 1 aromatic carbocycles. The summed E-state index contributed by atoms with van der Waals surface area (Å²) in [6.07, 6.45) is 4.15. The average Bonchev–Trinajstić information content (AvgIpc) is 2.41. The van der Waals surface area contributed by atoms with Gasteiger partial charge in [-0.2, -0.15) is 0 Å². The van der Waals surface area contributed by atoms with E-state index in [1.165, 1.54) is 11.6 Å². The van der Waals surface area contributed by atoms with Gasteiger partial charge in [-0.05, 0) is 24.1 Å². The standard InChI is InChI=1S/C8H10O.C3H7OP.C3H6O/c1-2-7-3-5-8(9)6-4-7;1-2-3-4-5;1-2-3-4/h3-6,9H,2H2,1H3;2H,1,3,5H2;2,4H,1,3H2. The number of hydrogen-bond acceptors (Lipinski definition) is 3. The van der Waals surface area contributed by atoms with Gasteiger partial charge in [0.1, 0.15) is 5.75 Å². The molecule has 3 nitrogen and oxygen atoms in total. The van der Waals surface area contributed by atoms with Crippen molar-refractivity contribution in [1.82, 2.24) is 0 Å². The van der Waals surface area contributed by atoms with Crippen LogP contribution in [0, 0.1) is 0 Å². The van der Waals surface area contributed by atoms with Gasteiger partial charge < -0.3 is 14.7 Å². The number of benzene rings is 1. The van der Waals surface area contributed by atoms with Crippen LogP contribution in [0.4, 0.5) is 0 Å². The normalized spacial score (nSPS) is 8.17. The van der Waals surface area contributed by atoms with Crippen molar-refractivity contribution in [2.45, 2.75) is 13.3 Å². The maximum Gasteiger partial charge on any atom is 0.115 e. The number of aryl methyl sites for hydroxylation is 1. The van der Waals surface area contributed by atoms with Crippen LogP contribution in [-0.2, 0) is 10.9 Å². The highest BCUT2D eigenvalue weighted by Crippen LogP contribution is 2.09. The summed E-state index contributed by atoms with van der Waals surface area (Å²) in [6.45, 7) is 9.43. The molecule has 1 unspecified atom stereocenters. The molecule has 0 aliphatic carbocycles. The van der Waals surface area contributed by atoms with Crippen LogP contribution in [0.2, 0.25) is 0 Å². The molecule has 0 radical (unpaired) electrons. The second-order valence-corrected chi connectivity index (χ2v) is 3.45. The first-order valence-electron chi connectivity index (χ1n) is 5.58. The SMILES string of the molecule is C=CCO.C=CCOP.CCc1ccc(O)cc1. The molecule has 0 saturated carbocycles. The van der Waals surface area contributed by atoms with E-state index >= 15 is 0 Å². The van der Waals surface area contributed by atoms with Gasteiger partial charge in [-0.25, -0.2) is 0 Å². The fraction of sp³-hybridized carbons (Fsp3) is 0.286. The quantitative estimate of drug-likeness (QED) is 0.653. The lowest BCUT2D eigenvalue weighted by Crippen LogP contribution is -1.75. The van der Waals surface area contributed by atoms with Crippen LogP contribution >= 0.6 is 9.47 Å². The predicted molar refractivity (Wildman–Crippen MR) is 80.6 cm³/mol. The Hall–Kier alpha value is -1.15. The third-order valence-electron chi connectivity index (χ3n) is 1.69. The van der Waals surface area contributed by atoms with Gasteiger partial charge in [0, 0.05) is 9.47 Å². The van der Waals surface area contributed by atoms with E-state index in [0.717, 1.165) is 6.42 Å². The summed E-state index contributed by atoms with van der Waals surface area (Å²) in [5.74, 6) is 0.340.